The van der Waals surface area contributed by atoms with E-state index in [-0.39, 0.29) is 11.7 Å². The normalized spacial score (nSPS) is 22.0. The van der Waals surface area contributed by atoms with Gasteiger partial charge in [0.25, 0.3) is 0 Å². The molecule has 1 aromatic carbocycles. The number of thiazole rings is 1. The lowest BCUT2D eigenvalue weighted by Crippen LogP contribution is -2.34. The fourth-order valence-corrected chi connectivity index (χ4v) is 6.51. The molecule has 0 aliphatic heterocycles. The van der Waals surface area contributed by atoms with Gasteiger partial charge >= 0.3 is 5.97 Å². The first-order chi connectivity index (χ1) is 17.8. The highest BCUT2D eigenvalue weighted by molar-refractivity contribution is 7.18. The van der Waals surface area contributed by atoms with Gasteiger partial charge in [-0.05, 0) is 69.2 Å². The maximum Gasteiger partial charge on any atom is 0.335 e. The summed E-state index contributed by atoms with van der Waals surface area (Å²) in [6, 6.07) is 4.85. The monoisotopic (exact) mass is 539 g/mol. The van der Waals surface area contributed by atoms with Crippen molar-refractivity contribution in [1.29, 1.82) is 0 Å². The summed E-state index contributed by atoms with van der Waals surface area (Å²) in [5.74, 6) is 0.276. The Bertz CT molecular complexity index is 1470. The largest absolute Gasteiger partial charge is 0.478 e. The molecule has 3 aromatic heterocycles. The van der Waals surface area contributed by atoms with Crippen molar-refractivity contribution < 1.29 is 24.3 Å². The molecule has 2 aliphatic rings. The van der Waals surface area contributed by atoms with Gasteiger partial charge in [0.2, 0.25) is 0 Å². The molecule has 192 valence electrons. The van der Waals surface area contributed by atoms with Crippen LogP contribution in [0, 0.1) is 6.92 Å². The van der Waals surface area contributed by atoms with E-state index in [1.54, 1.807) is 30.6 Å². The fraction of sp³-hybridized carbons (Fsp3) is 0.407. The van der Waals surface area contributed by atoms with Crippen molar-refractivity contribution in [1.82, 2.24) is 15.1 Å². The summed E-state index contributed by atoms with van der Waals surface area (Å²) in [5, 5.41) is 26.2. The van der Waals surface area contributed by atoms with Crippen molar-refractivity contribution in [3.63, 3.8) is 0 Å². The molecule has 0 spiro atoms. The highest BCUT2D eigenvalue weighted by Gasteiger charge is 2.39. The van der Waals surface area contributed by atoms with Crippen LogP contribution in [0.15, 0.2) is 35.1 Å². The van der Waals surface area contributed by atoms with Gasteiger partial charge in [0.15, 0.2) is 0 Å². The first-order valence-electron chi connectivity index (χ1n) is 12.4. The minimum atomic E-state index is -1.05. The lowest BCUT2D eigenvalue weighted by molar-refractivity contribution is -0.0640. The number of carboxylic acid groups (broad SMARTS) is 1. The minimum absolute atomic E-state index is 0.0166. The molecule has 4 aromatic rings. The number of carbonyl (C=O) groups is 1. The topological polar surface area (TPSA) is 119 Å². The van der Waals surface area contributed by atoms with Gasteiger partial charge in [0.1, 0.15) is 22.1 Å². The Balaban J connectivity index is 1.17. The smallest absolute Gasteiger partial charge is 0.335 e. The number of hydrogen-bond acceptors (Lipinski definition) is 8. The third-order valence-corrected chi connectivity index (χ3v) is 8.85. The predicted octanol–water partition coefficient (Wildman–Crippen LogP) is 6.23. The third kappa shape index (κ3) is 4.65. The molecule has 0 unspecified atom stereocenters. The van der Waals surface area contributed by atoms with Crippen LogP contribution >= 0.6 is 22.9 Å². The maximum absolute atomic E-state index is 11.4. The standard InChI is InChI=1S/C27H26ClN3O5S/c1-14-11-29-12-19(28)22(14)23-18(24(36-31-23)15-2-3-15)13-35-17-6-8-27(34,9-7-17)26-30-20-5-4-16(25(32)33)10-21(20)37-26/h4-5,10-12,15,17,34H,2-3,6-9,13H2,1H3,(H,32,33)/t17-,27+. The molecular weight excluding hydrogens is 514 g/mol. The number of hydrogen-bond donors (Lipinski definition) is 2. The average Bonchev–Trinajstić information content (AvgIpc) is 3.49. The average molecular weight is 540 g/mol. The van der Waals surface area contributed by atoms with Gasteiger partial charge in [-0.2, -0.15) is 0 Å². The number of aromatic carboxylic acids is 1. The maximum atomic E-state index is 11.4. The molecule has 10 heteroatoms. The molecule has 37 heavy (non-hydrogen) atoms. The molecule has 0 radical (unpaired) electrons. The molecule has 0 bridgehead atoms. The number of benzene rings is 1. The van der Waals surface area contributed by atoms with E-state index in [0.717, 1.165) is 40.0 Å². The number of fused-ring (bicyclic) bond motifs is 1. The summed E-state index contributed by atoms with van der Waals surface area (Å²) in [6.45, 7) is 2.32. The SMILES string of the molecule is Cc1cncc(Cl)c1-c1noc(C2CC2)c1CO[C@H]1CC[C@](O)(c2nc3ccc(C(=O)O)cc3s2)CC1. The summed E-state index contributed by atoms with van der Waals surface area (Å²) >= 11 is 7.84. The molecule has 8 nitrogen and oxygen atoms in total. The van der Waals surface area contributed by atoms with Crippen molar-refractivity contribution >= 4 is 39.1 Å². The van der Waals surface area contributed by atoms with Gasteiger partial charge in [-0.3, -0.25) is 4.98 Å². The number of rotatable bonds is 7. The number of ether oxygens (including phenoxy) is 1. The van der Waals surface area contributed by atoms with Crippen molar-refractivity contribution in [2.45, 2.75) is 69.7 Å². The number of aryl methyl sites for hydroxylation is 1. The van der Waals surface area contributed by atoms with Gasteiger partial charge in [-0.1, -0.05) is 16.8 Å². The molecular formula is C27H26ClN3O5S. The van der Waals surface area contributed by atoms with E-state index in [1.165, 1.54) is 11.3 Å². The Kier molecular flexibility index (Phi) is 6.27. The summed E-state index contributed by atoms with van der Waals surface area (Å²) in [5.41, 5.74) is 3.29. The number of aliphatic hydroxyl groups is 1. The van der Waals surface area contributed by atoms with Crippen molar-refractivity contribution in [2.75, 3.05) is 0 Å². The number of halogens is 1. The summed E-state index contributed by atoms with van der Waals surface area (Å²) < 4.78 is 12.9. The van der Waals surface area contributed by atoms with Crippen LogP contribution in [0.5, 0.6) is 0 Å². The van der Waals surface area contributed by atoms with Crippen LogP contribution in [-0.2, 0) is 16.9 Å². The van der Waals surface area contributed by atoms with E-state index in [9.17, 15) is 15.0 Å². The summed E-state index contributed by atoms with van der Waals surface area (Å²) in [4.78, 5) is 20.1. The molecule has 0 saturated heterocycles. The molecule has 2 aliphatic carbocycles. The Morgan fingerprint density at radius 1 is 1.24 bits per heavy atom. The first-order valence-corrected chi connectivity index (χ1v) is 13.6. The van der Waals surface area contributed by atoms with Crippen LogP contribution in [0.1, 0.15) is 76.7 Å². The van der Waals surface area contributed by atoms with E-state index in [2.05, 4.69) is 15.1 Å². The molecule has 0 amide bonds. The van der Waals surface area contributed by atoms with E-state index in [1.807, 2.05) is 6.92 Å². The quantitative estimate of drug-likeness (QED) is 0.283. The summed E-state index contributed by atoms with van der Waals surface area (Å²) in [6.07, 6.45) is 7.93. The number of aromatic nitrogens is 3. The number of pyridine rings is 1. The number of carboxylic acids is 1. The van der Waals surface area contributed by atoms with E-state index >= 15 is 0 Å². The van der Waals surface area contributed by atoms with Crippen LogP contribution in [-0.4, -0.2) is 37.4 Å². The highest BCUT2D eigenvalue weighted by atomic mass is 35.5. The van der Waals surface area contributed by atoms with Crippen LogP contribution < -0.4 is 0 Å². The second-order valence-corrected chi connectivity index (χ2v) is 11.4. The molecule has 3 heterocycles. The Hall–Kier alpha value is -2.85. The Labute approximate surface area is 222 Å². The van der Waals surface area contributed by atoms with Crippen LogP contribution in [0.4, 0.5) is 0 Å². The van der Waals surface area contributed by atoms with Crippen LogP contribution in [0.3, 0.4) is 0 Å². The lowest BCUT2D eigenvalue weighted by Gasteiger charge is -2.34. The Morgan fingerprint density at radius 2 is 2.03 bits per heavy atom. The second-order valence-electron chi connectivity index (χ2n) is 10.0. The zero-order chi connectivity index (χ0) is 25.7. The van der Waals surface area contributed by atoms with Gasteiger partial charge in [0, 0.05) is 29.4 Å². The second kappa shape index (κ2) is 9.47. The van der Waals surface area contributed by atoms with E-state index in [0.29, 0.717) is 59.4 Å². The Morgan fingerprint density at radius 3 is 2.73 bits per heavy atom. The van der Waals surface area contributed by atoms with Crippen LogP contribution in [0.25, 0.3) is 21.5 Å². The summed E-state index contributed by atoms with van der Waals surface area (Å²) in [7, 11) is 0. The number of nitrogens with zero attached hydrogens (tertiary/aromatic N) is 3. The van der Waals surface area contributed by atoms with Gasteiger partial charge < -0.3 is 19.5 Å². The van der Waals surface area contributed by atoms with E-state index in [4.69, 9.17) is 20.9 Å². The van der Waals surface area contributed by atoms with Crippen LogP contribution in [0.2, 0.25) is 5.02 Å². The van der Waals surface area contributed by atoms with Crippen molar-refractivity contribution in [3.05, 3.63) is 63.1 Å². The molecule has 2 saturated carbocycles. The molecule has 2 fully saturated rings. The fourth-order valence-electron chi connectivity index (χ4n) is 5.06. The van der Waals surface area contributed by atoms with Gasteiger partial charge in [-0.15, -0.1) is 11.3 Å². The molecule has 0 atom stereocenters. The van der Waals surface area contributed by atoms with Gasteiger partial charge in [-0.25, -0.2) is 9.78 Å². The highest BCUT2D eigenvalue weighted by Crippen LogP contribution is 2.46. The zero-order valence-corrected chi connectivity index (χ0v) is 21.8. The van der Waals surface area contributed by atoms with Gasteiger partial charge in [0.05, 0.1) is 33.5 Å². The minimum Gasteiger partial charge on any atom is -0.478 e. The molecule has 6 rings (SSSR count). The van der Waals surface area contributed by atoms with E-state index < -0.39 is 11.6 Å². The van der Waals surface area contributed by atoms with Crippen molar-refractivity contribution in [3.8, 4) is 11.3 Å². The third-order valence-electron chi connectivity index (χ3n) is 7.35. The lowest BCUT2D eigenvalue weighted by atomic mass is 9.83. The predicted molar refractivity (Wildman–Crippen MR) is 139 cm³/mol. The first kappa shape index (κ1) is 24.5. The zero-order valence-electron chi connectivity index (χ0n) is 20.2. The van der Waals surface area contributed by atoms with Crippen molar-refractivity contribution in [2.24, 2.45) is 0 Å². The molecule has 2 N–H and O–H groups in total.